The zero-order valence-electron chi connectivity index (χ0n) is 9.83. The van der Waals surface area contributed by atoms with Crippen LogP contribution in [-0.4, -0.2) is 18.0 Å². The molecule has 0 atom stereocenters. The van der Waals surface area contributed by atoms with Gasteiger partial charge in [0.15, 0.2) is 0 Å². The molecule has 2 nitrogen and oxygen atoms in total. The lowest BCUT2D eigenvalue weighted by molar-refractivity contribution is 0.280. The molecule has 0 aromatic heterocycles. The summed E-state index contributed by atoms with van der Waals surface area (Å²) in [5.41, 5.74) is 1.26. The molecule has 0 N–H and O–H groups in total. The number of nitrogens with zero attached hydrogens (tertiary/aromatic N) is 2. The first kappa shape index (κ1) is 12.7. The number of rotatable bonds is 5. The van der Waals surface area contributed by atoms with Crippen LogP contribution < -0.4 is 0 Å². The molecular formula is C13H17FN2. The molecule has 0 saturated heterocycles. The Labute approximate surface area is 96.3 Å². The molecule has 0 saturated carbocycles. The smallest absolute Gasteiger partial charge is 0.124 e. The molecule has 0 heterocycles. The summed E-state index contributed by atoms with van der Waals surface area (Å²) in [6, 6.07) is 6.49. The molecule has 0 spiro atoms. The second-order valence-corrected chi connectivity index (χ2v) is 3.83. The lowest BCUT2D eigenvalue weighted by Crippen LogP contribution is -2.23. The Morgan fingerprint density at radius 1 is 1.31 bits per heavy atom. The van der Waals surface area contributed by atoms with E-state index in [1.807, 2.05) is 6.07 Å². The summed E-state index contributed by atoms with van der Waals surface area (Å²) in [7, 11) is 0. The molecule has 0 aliphatic carbocycles. The third-order valence-corrected chi connectivity index (χ3v) is 2.48. The van der Waals surface area contributed by atoms with E-state index in [9.17, 15) is 4.39 Å². The molecule has 1 aromatic carbocycles. The molecule has 0 radical (unpaired) electrons. The molecule has 0 bridgehead atoms. The Morgan fingerprint density at radius 3 is 2.62 bits per heavy atom. The van der Waals surface area contributed by atoms with Crippen LogP contribution in [-0.2, 0) is 6.54 Å². The standard InChI is InChI=1S/C13H17FN2/c1-3-5-16(4-2)10-12-6-11(9-15)7-13(14)8-12/h6-8H,3-5,10H2,1-2H3. The van der Waals surface area contributed by atoms with Gasteiger partial charge in [-0.05, 0) is 43.3 Å². The van der Waals surface area contributed by atoms with Gasteiger partial charge < -0.3 is 0 Å². The fourth-order valence-corrected chi connectivity index (χ4v) is 1.73. The summed E-state index contributed by atoms with van der Waals surface area (Å²) in [4.78, 5) is 2.23. The Bertz CT molecular complexity index is 382. The Balaban J connectivity index is 2.80. The van der Waals surface area contributed by atoms with Crippen molar-refractivity contribution in [3.63, 3.8) is 0 Å². The highest BCUT2D eigenvalue weighted by Crippen LogP contribution is 2.11. The highest BCUT2D eigenvalue weighted by molar-refractivity contribution is 5.33. The molecule has 0 fully saturated rings. The van der Waals surface area contributed by atoms with E-state index in [-0.39, 0.29) is 5.82 Å². The van der Waals surface area contributed by atoms with Gasteiger partial charge in [-0.1, -0.05) is 13.8 Å². The number of hydrogen-bond donors (Lipinski definition) is 0. The highest BCUT2D eigenvalue weighted by atomic mass is 19.1. The molecule has 3 heteroatoms. The van der Waals surface area contributed by atoms with E-state index in [0.717, 1.165) is 25.1 Å². The van der Waals surface area contributed by atoms with Crippen LogP contribution in [0.1, 0.15) is 31.4 Å². The SMILES string of the molecule is CCCN(CC)Cc1cc(F)cc(C#N)c1. The number of benzene rings is 1. The Morgan fingerprint density at radius 2 is 2.06 bits per heavy atom. The maximum absolute atomic E-state index is 13.2. The third kappa shape index (κ3) is 3.63. The van der Waals surface area contributed by atoms with Crippen LogP contribution >= 0.6 is 0 Å². The number of nitriles is 1. The minimum atomic E-state index is -0.332. The molecule has 0 aliphatic rings. The first-order valence-corrected chi connectivity index (χ1v) is 5.61. The highest BCUT2D eigenvalue weighted by Gasteiger charge is 2.05. The molecule has 0 aliphatic heterocycles. The van der Waals surface area contributed by atoms with Gasteiger partial charge >= 0.3 is 0 Å². The van der Waals surface area contributed by atoms with Crippen LogP contribution in [0.3, 0.4) is 0 Å². The summed E-state index contributed by atoms with van der Waals surface area (Å²) >= 11 is 0. The van der Waals surface area contributed by atoms with E-state index < -0.39 is 0 Å². The van der Waals surface area contributed by atoms with Crippen LogP contribution in [0.25, 0.3) is 0 Å². The van der Waals surface area contributed by atoms with Gasteiger partial charge in [-0.2, -0.15) is 5.26 Å². The fraction of sp³-hybridized carbons (Fsp3) is 0.462. The molecule has 16 heavy (non-hydrogen) atoms. The van der Waals surface area contributed by atoms with Crippen molar-refractivity contribution in [2.75, 3.05) is 13.1 Å². The molecule has 1 aromatic rings. The van der Waals surface area contributed by atoms with Crippen molar-refractivity contribution >= 4 is 0 Å². The van der Waals surface area contributed by atoms with E-state index in [1.54, 1.807) is 6.07 Å². The van der Waals surface area contributed by atoms with Crippen molar-refractivity contribution in [3.05, 3.63) is 35.1 Å². The third-order valence-electron chi connectivity index (χ3n) is 2.48. The van der Waals surface area contributed by atoms with E-state index >= 15 is 0 Å². The molecule has 1 rings (SSSR count). The van der Waals surface area contributed by atoms with Crippen LogP contribution in [0.5, 0.6) is 0 Å². The lowest BCUT2D eigenvalue weighted by atomic mass is 10.1. The van der Waals surface area contributed by atoms with Gasteiger partial charge in [0, 0.05) is 6.54 Å². The average molecular weight is 220 g/mol. The van der Waals surface area contributed by atoms with Crippen molar-refractivity contribution < 1.29 is 4.39 Å². The van der Waals surface area contributed by atoms with E-state index in [4.69, 9.17) is 5.26 Å². The van der Waals surface area contributed by atoms with Gasteiger partial charge in [-0.3, -0.25) is 4.90 Å². The van der Waals surface area contributed by atoms with Gasteiger partial charge in [0.25, 0.3) is 0 Å². The van der Waals surface area contributed by atoms with Gasteiger partial charge in [0.05, 0.1) is 11.6 Å². The average Bonchev–Trinajstić information content (AvgIpc) is 2.27. The maximum Gasteiger partial charge on any atom is 0.124 e. The van der Waals surface area contributed by atoms with Crippen molar-refractivity contribution in [2.45, 2.75) is 26.8 Å². The monoisotopic (exact) mass is 220 g/mol. The Kier molecular flexibility index (Phi) is 4.94. The van der Waals surface area contributed by atoms with Crippen molar-refractivity contribution in [3.8, 4) is 6.07 Å². The van der Waals surface area contributed by atoms with Crippen molar-refractivity contribution in [1.29, 1.82) is 5.26 Å². The van der Waals surface area contributed by atoms with Crippen molar-refractivity contribution in [1.82, 2.24) is 4.90 Å². The largest absolute Gasteiger partial charge is 0.299 e. The van der Waals surface area contributed by atoms with Crippen molar-refractivity contribution in [2.24, 2.45) is 0 Å². The molecular weight excluding hydrogens is 203 g/mol. The minimum absolute atomic E-state index is 0.332. The van der Waals surface area contributed by atoms with Crippen LogP contribution in [0.15, 0.2) is 18.2 Å². The molecule has 86 valence electrons. The minimum Gasteiger partial charge on any atom is -0.299 e. The van der Waals surface area contributed by atoms with E-state index in [2.05, 4.69) is 18.7 Å². The summed E-state index contributed by atoms with van der Waals surface area (Å²) in [5.74, 6) is -0.332. The van der Waals surface area contributed by atoms with E-state index in [0.29, 0.717) is 12.1 Å². The summed E-state index contributed by atoms with van der Waals surface area (Å²) in [5, 5.41) is 8.75. The molecule has 0 amide bonds. The normalized spacial score (nSPS) is 10.4. The second kappa shape index (κ2) is 6.24. The van der Waals surface area contributed by atoms with Crippen LogP contribution in [0.4, 0.5) is 4.39 Å². The number of hydrogen-bond acceptors (Lipinski definition) is 2. The van der Waals surface area contributed by atoms with E-state index in [1.165, 1.54) is 12.1 Å². The topological polar surface area (TPSA) is 27.0 Å². The number of halogens is 1. The summed E-state index contributed by atoms with van der Waals surface area (Å²) in [6.07, 6.45) is 1.08. The summed E-state index contributed by atoms with van der Waals surface area (Å²) < 4.78 is 13.2. The van der Waals surface area contributed by atoms with Crippen LogP contribution in [0, 0.1) is 17.1 Å². The Hall–Kier alpha value is -1.40. The fourth-order valence-electron chi connectivity index (χ4n) is 1.73. The predicted octanol–water partition coefficient (Wildman–Crippen LogP) is 2.93. The van der Waals surface area contributed by atoms with Gasteiger partial charge in [0.1, 0.15) is 5.82 Å². The maximum atomic E-state index is 13.2. The zero-order valence-corrected chi connectivity index (χ0v) is 9.83. The second-order valence-electron chi connectivity index (χ2n) is 3.83. The predicted molar refractivity (Wildman–Crippen MR) is 62.4 cm³/mol. The first-order chi connectivity index (χ1) is 7.69. The summed E-state index contributed by atoms with van der Waals surface area (Å²) in [6.45, 7) is 6.84. The van der Waals surface area contributed by atoms with Crippen LogP contribution in [0.2, 0.25) is 0 Å². The van der Waals surface area contributed by atoms with Gasteiger partial charge in [-0.25, -0.2) is 4.39 Å². The zero-order chi connectivity index (χ0) is 12.0. The molecule has 0 unspecified atom stereocenters. The lowest BCUT2D eigenvalue weighted by Gasteiger charge is -2.19. The van der Waals surface area contributed by atoms with Gasteiger partial charge in [0.2, 0.25) is 0 Å². The van der Waals surface area contributed by atoms with Gasteiger partial charge in [-0.15, -0.1) is 0 Å². The quantitative estimate of drug-likeness (QED) is 0.762. The first-order valence-electron chi connectivity index (χ1n) is 5.61.